The van der Waals surface area contributed by atoms with Crippen LogP contribution in [0.4, 0.5) is 4.79 Å². The van der Waals surface area contributed by atoms with Crippen LogP contribution in [0.5, 0.6) is 0 Å². The van der Waals surface area contributed by atoms with Crippen LogP contribution in [-0.2, 0) is 11.2 Å². The predicted octanol–water partition coefficient (Wildman–Crippen LogP) is 2.86. The van der Waals surface area contributed by atoms with E-state index in [4.69, 9.17) is 0 Å². The fourth-order valence-corrected chi connectivity index (χ4v) is 3.49. The second-order valence-corrected chi connectivity index (χ2v) is 7.23. The number of aliphatic carboxylic acids is 1. The largest absolute Gasteiger partial charge is 0.480 e. The van der Waals surface area contributed by atoms with Gasteiger partial charge in [-0.3, -0.25) is 0 Å². The molecule has 0 aliphatic carbocycles. The van der Waals surface area contributed by atoms with Gasteiger partial charge < -0.3 is 15.3 Å². The molecular weight excluding hydrogens is 324 g/mol. The van der Waals surface area contributed by atoms with Crippen LogP contribution in [-0.4, -0.2) is 53.1 Å². The number of carbonyl (C=O) groups is 2. The molecule has 2 amide bonds. The first-order chi connectivity index (χ1) is 11.6. The monoisotopic (exact) mass is 350 g/mol. The molecular formula is C18H26N2O3S. The highest BCUT2D eigenvalue weighted by atomic mass is 32.2. The summed E-state index contributed by atoms with van der Waals surface area (Å²) >= 11 is 1.58. The minimum atomic E-state index is -0.962. The summed E-state index contributed by atoms with van der Waals surface area (Å²) in [6.07, 6.45) is 5.35. The Kier molecular flexibility index (Phi) is 7.43. The van der Waals surface area contributed by atoms with Gasteiger partial charge in [0.2, 0.25) is 0 Å². The van der Waals surface area contributed by atoms with Gasteiger partial charge in [-0.05, 0) is 49.2 Å². The third-order valence-corrected chi connectivity index (χ3v) is 5.12. The number of hydrogen-bond acceptors (Lipinski definition) is 3. The van der Waals surface area contributed by atoms with Crippen molar-refractivity contribution in [2.24, 2.45) is 5.92 Å². The van der Waals surface area contributed by atoms with Gasteiger partial charge in [-0.1, -0.05) is 30.3 Å². The van der Waals surface area contributed by atoms with Crippen molar-refractivity contribution in [1.29, 1.82) is 0 Å². The summed E-state index contributed by atoms with van der Waals surface area (Å²) in [5, 5.41) is 11.9. The van der Waals surface area contributed by atoms with E-state index in [1.165, 1.54) is 5.56 Å². The number of carboxylic acids is 1. The molecule has 0 bridgehead atoms. The molecule has 1 atom stereocenters. The van der Waals surface area contributed by atoms with Crippen LogP contribution in [0.2, 0.25) is 0 Å². The summed E-state index contributed by atoms with van der Waals surface area (Å²) in [5.41, 5.74) is 1.34. The van der Waals surface area contributed by atoms with E-state index in [0.717, 1.165) is 25.0 Å². The molecule has 0 spiro atoms. The highest BCUT2D eigenvalue weighted by Gasteiger charge is 2.26. The average Bonchev–Trinajstić information content (AvgIpc) is 2.59. The van der Waals surface area contributed by atoms with Gasteiger partial charge in [-0.2, -0.15) is 11.8 Å². The smallest absolute Gasteiger partial charge is 0.326 e. The number of nitrogens with zero attached hydrogens (tertiary/aromatic N) is 1. The molecule has 132 valence electrons. The fourth-order valence-electron chi connectivity index (χ4n) is 3.02. The maximum atomic E-state index is 12.3. The number of amides is 2. The van der Waals surface area contributed by atoms with Gasteiger partial charge in [0.05, 0.1) is 0 Å². The number of carbonyl (C=O) groups excluding carboxylic acids is 1. The van der Waals surface area contributed by atoms with Crippen molar-refractivity contribution < 1.29 is 14.7 Å². The van der Waals surface area contributed by atoms with Crippen LogP contribution in [0, 0.1) is 5.92 Å². The quantitative estimate of drug-likeness (QED) is 0.793. The number of likely N-dealkylation sites (tertiary alicyclic amines) is 1. The molecule has 0 aromatic heterocycles. The van der Waals surface area contributed by atoms with Crippen LogP contribution in [0.25, 0.3) is 0 Å². The number of piperidine rings is 1. The third-order valence-electron chi connectivity index (χ3n) is 4.48. The van der Waals surface area contributed by atoms with E-state index in [9.17, 15) is 14.7 Å². The number of thioether (sulfide) groups is 1. The molecule has 24 heavy (non-hydrogen) atoms. The fraction of sp³-hybridized carbons (Fsp3) is 0.556. The van der Waals surface area contributed by atoms with E-state index < -0.39 is 12.0 Å². The summed E-state index contributed by atoms with van der Waals surface area (Å²) in [6, 6.07) is 9.36. The molecule has 5 nitrogen and oxygen atoms in total. The van der Waals surface area contributed by atoms with Crippen molar-refractivity contribution in [2.75, 3.05) is 25.1 Å². The molecule has 1 aliphatic rings. The first-order valence-corrected chi connectivity index (χ1v) is 9.80. The molecule has 0 radical (unpaired) electrons. The number of nitrogens with one attached hydrogen (secondary N) is 1. The van der Waals surface area contributed by atoms with Crippen molar-refractivity contribution in [3.05, 3.63) is 35.9 Å². The van der Waals surface area contributed by atoms with E-state index in [1.807, 2.05) is 12.3 Å². The van der Waals surface area contributed by atoms with Crippen LogP contribution < -0.4 is 5.32 Å². The number of urea groups is 1. The Morgan fingerprint density at radius 2 is 1.96 bits per heavy atom. The maximum Gasteiger partial charge on any atom is 0.326 e. The van der Waals surface area contributed by atoms with Gasteiger partial charge in [0.1, 0.15) is 6.04 Å². The average molecular weight is 350 g/mol. The van der Waals surface area contributed by atoms with Crippen LogP contribution in [0.15, 0.2) is 30.3 Å². The van der Waals surface area contributed by atoms with Gasteiger partial charge in [0.25, 0.3) is 0 Å². The van der Waals surface area contributed by atoms with Gasteiger partial charge >= 0.3 is 12.0 Å². The Hall–Kier alpha value is -1.69. The van der Waals surface area contributed by atoms with Crippen molar-refractivity contribution in [1.82, 2.24) is 10.2 Å². The second kappa shape index (κ2) is 9.57. The lowest BCUT2D eigenvalue weighted by Gasteiger charge is -2.33. The highest BCUT2D eigenvalue weighted by Crippen LogP contribution is 2.21. The normalized spacial score (nSPS) is 16.6. The first-order valence-electron chi connectivity index (χ1n) is 8.41. The zero-order valence-corrected chi connectivity index (χ0v) is 14.9. The van der Waals surface area contributed by atoms with E-state index in [2.05, 4.69) is 29.6 Å². The summed E-state index contributed by atoms with van der Waals surface area (Å²) in [5.74, 6) is 0.343. The lowest BCUT2D eigenvalue weighted by Crippen LogP contribution is -2.50. The van der Waals surface area contributed by atoms with Crippen molar-refractivity contribution >= 4 is 23.8 Å². The Bertz CT molecular complexity index is 530. The zero-order valence-electron chi connectivity index (χ0n) is 14.1. The molecule has 6 heteroatoms. The molecule has 2 N–H and O–H groups in total. The summed E-state index contributed by atoms with van der Waals surface area (Å²) in [6.45, 7) is 1.39. The Labute approximate surface area is 147 Å². The van der Waals surface area contributed by atoms with E-state index in [1.54, 1.807) is 16.7 Å². The molecule has 2 rings (SSSR count). The first kappa shape index (κ1) is 18.6. The van der Waals surface area contributed by atoms with Gasteiger partial charge in [0.15, 0.2) is 0 Å². The molecule has 1 fully saturated rings. The molecule has 1 saturated heterocycles. The molecule has 1 aromatic carbocycles. The Morgan fingerprint density at radius 3 is 2.54 bits per heavy atom. The van der Waals surface area contributed by atoms with Crippen LogP contribution in [0.1, 0.15) is 24.8 Å². The number of hydrogen-bond donors (Lipinski definition) is 2. The van der Waals surface area contributed by atoms with Crippen molar-refractivity contribution in [3.63, 3.8) is 0 Å². The molecule has 1 aliphatic heterocycles. The summed E-state index contributed by atoms with van der Waals surface area (Å²) in [4.78, 5) is 25.3. The highest BCUT2D eigenvalue weighted by molar-refractivity contribution is 7.98. The zero-order chi connectivity index (χ0) is 17.4. The van der Waals surface area contributed by atoms with E-state index >= 15 is 0 Å². The summed E-state index contributed by atoms with van der Waals surface area (Å²) in [7, 11) is 0. The lowest BCUT2D eigenvalue weighted by molar-refractivity contribution is -0.139. The van der Waals surface area contributed by atoms with Gasteiger partial charge in [-0.25, -0.2) is 9.59 Å². The Balaban J connectivity index is 1.78. The standard InChI is InChI=1S/C18H26N2O3S/c1-24-12-9-16(17(21)22)19-18(23)20-10-7-15(8-11-20)13-14-5-3-2-4-6-14/h2-6,15-16H,7-13H2,1H3,(H,19,23)(H,21,22)/t16-/m0/s1. The second-order valence-electron chi connectivity index (χ2n) is 6.24. The van der Waals surface area contributed by atoms with Crippen LogP contribution >= 0.6 is 11.8 Å². The van der Waals surface area contributed by atoms with Crippen molar-refractivity contribution in [3.8, 4) is 0 Å². The third kappa shape index (κ3) is 5.74. The minimum Gasteiger partial charge on any atom is -0.480 e. The van der Waals surface area contributed by atoms with Gasteiger partial charge in [-0.15, -0.1) is 0 Å². The Morgan fingerprint density at radius 1 is 1.29 bits per heavy atom. The molecule has 0 unspecified atom stereocenters. The number of carboxylic acid groups (broad SMARTS) is 1. The maximum absolute atomic E-state index is 12.3. The predicted molar refractivity (Wildman–Crippen MR) is 97.4 cm³/mol. The van der Waals surface area contributed by atoms with Crippen LogP contribution in [0.3, 0.4) is 0 Å². The SMILES string of the molecule is CSCC[C@H](NC(=O)N1CCC(Cc2ccccc2)CC1)C(=O)O. The van der Waals surface area contributed by atoms with E-state index in [0.29, 0.717) is 25.4 Å². The molecule has 0 saturated carbocycles. The molecule has 1 aromatic rings. The van der Waals surface area contributed by atoms with Crippen molar-refractivity contribution in [2.45, 2.75) is 31.7 Å². The minimum absolute atomic E-state index is 0.248. The number of rotatable bonds is 7. The lowest BCUT2D eigenvalue weighted by atomic mass is 9.90. The topological polar surface area (TPSA) is 69.6 Å². The molecule has 1 heterocycles. The number of benzene rings is 1. The summed E-state index contributed by atoms with van der Waals surface area (Å²) < 4.78 is 0. The van der Waals surface area contributed by atoms with Gasteiger partial charge in [0, 0.05) is 13.1 Å². The van der Waals surface area contributed by atoms with E-state index in [-0.39, 0.29) is 6.03 Å².